The average molecular weight is 396 g/mol. The van der Waals surface area contributed by atoms with Crippen molar-refractivity contribution in [2.45, 2.75) is 39.2 Å². The SMILES string of the molecule is CCNC(=NCCCOCCOC)NC(C)c1ccc(OCC2CC2)c(F)c1. The van der Waals surface area contributed by atoms with E-state index in [1.165, 1.54) is 18.9 Å². The van der Waals surface area contributed by atoms with Gasteiger partial charge in [0, 0.05) is 26.8 Å². The van der Waals surface area contributed by atoms with Crippen molar-refractivity contribution in [3.8, 4) is 5.75 Å². The Morgan fingerprint density at radius 1 is 1.29 bits per heavy atom. The summed E-state index contributed by atoms with van der Waals surface area (Å²) in [7, 11) is 1.66. The summed E-state index contributed by atoms with van der Waals surface area (Å²) in [4.78, 5) is 4.56. The number of methoxy groups -OCH3 is 1. The molecule has 28 heavy (non-hydrogen) atoms. The third-order valence-corrected chi connectivity index (χ3v) is 4.47. The summed E-state index contributed by atoms with van der Waals surface area (Å²) in [6, 6.07) is 5.07. The van der Waals surface area contributed by atoms with E-state index < -0.39 is 0 Å². The predicted octanol–water partition coefficient (Wildman–Crippen LogP) is 3.28. The van der Waals surface area contributed by atoms with Gasteiger partial charge in [-0.2, -0.15) is 0 Å². The van der Waals surface area contributed by atoms with Crippen molar-refractivity contribution in [3.05, 3.63) is 29.6 Å². The molecule has 7 heteroatoms. The minimum Gasteiger partial charge on any atom is -0.490 e. The monoisotopic (exact) mass is 395 g/mol. The van der Waals surface area contributed by atoms with Gasteiger partial charge in [-0.25, -0.2) is 4.39 Å². The van der Waals surface area contributed by atoms with Crippen LogP contribution in [0.2, 0.25) is 0 Å². The summed E-state index contributed by atoms with van der Waals surface area (Å²) in [6.07, 6.45) is 3.20. The highest BCUT2D eigenvalue weighted by molar-refractivity contribution is 5.80. The van der Waals surface area contributed by atoms with Gasteiger partial charge >= 0.3 is 0 Å². The van der Waals surface area contributed by atoms with E-state index >= 15 is 0 Å². The smallest absolute Gasteiger partial charge is 0.191 e. The van der Waals surface area contributed by atoms with Crippen LogP contribution in [0, 0.1) is 11.7 Å². The van der Waals surface area contributed by atoms with Gasteiger partial charge in [-0.05, 0) is 56.7 Å². The molecule has 1 fully saturated rings. The first kappa shape index (κ1) is 22.4. The fraction of sp³-hybridized carbons (Fsp3) is 0.667. The second-order valence-electron chi connectivity index (χ2n) is 7.03. The number of benzene rings is 1. The topological polar surface area (TPSA) is 64.1 Å². The number of aliphatic imine (C=N–C) groups is 1. The largest absolute Gasteiger partial charge is 0.490 e. The summed E-state index contributed by atoms with van der Waals surface area (Å²) in [5, 5.41) is 6.54. The lowest BCUT2D eigenvalue weighted by Gasteiger charge is -2.19. The van der Waals surface area contributed by atoms with Crippen LogP contribution in [-0.2, 0) is 9.47 Å². The quantitative estimate of drug-likeness (QED) is 0.305. The molecule has 1 aliphatic rings. The third-order valence-electron chi connectivity index (χ3n) is 4.47. The van der Waals surface area contributed by atoms with Crippen LogP contribution in [0.3, 0.4) is 0 Å². The van der Waals surface area contributed by atoms with E-state index in [9.17, 15) is 4.39 Å². The summed E-state index contributed by atoms with van der Waals surface area (Å²) >= 11 is 0. The fourth-order valence-electron chi connectivity index (χ4n) is 2.61. The number of nitrogens with one attached hydrogen (secondary N) is 2. The molecule has 1 saturated carbocycles. The number of guanidine groups is 1. The van der Waals surface area contributed by atoms with Crippen molar-refractivity contribution in [2.75, 3.05) is 46.6 Å². The van der Waals surface area contributed by atoms with Crippen molar-refractivity contribution in [1.29, 1.82) is 0 Å². The van der Waals surface area contributed by atoms with Crippen molar-refractivity contribution < 1.29 is 18.6 Å². The highest BCUT2D eigenvalue weighted by atomic mass is 19.1. The maximum atomic E-state index is 14.3. The van der Waals surface area contributed by atoms with Crippen LogP contribution < -0.4 is 15.4 Å². The Hall–Kier alpha value is -1.86. The number of ether oxygens (including phenoxy) is 3. The maximum Gasteiger partial charge on any atom is 0.191 e. The number of nitrogens with zero attached hydrogens (tertiary/aromatic N) is 1. The van der Waals surface area contributed by atoms with Crippen LogP contribution in [0.5, 0.6) is 5.75 Å². The van der Waals surface area contributed by atoms with E-state index in [0.29, 0.717) is 50.6 Å². The molecule has 1 aliphatic carbocycles. The van der Waals surface area contributed by atoms with Gasteiger partial charge in [-0.3, -0.25) is 4.99 Å². The Bertz CT molecular complexity index is 609. The minimum atomic E-state index is -0.318. The number of hydrogen-bond donors (Lipinski definition) is 2. The molecule has 0 bridgehead atoms. The minimum absolute atomic E-state index is 0.0808. The first-order chi connectivity index (χ1) is 13.6. The van der Waals surface area contributed by atoms with Crippen LogP contribution in [-0.4, -0.2) is 52.6 Å². The number of halogens is 1. The fourth-order valence-corrected chi connectivity index (χ4v) is 2.61. The van der Waals surface area contributed by atoms with Crippen molar-refractivity contribution in [2.24, 2.45) is 10.9 Å². The number of rotatable bonds is 13. The molecular formula is C21H34FN3O3. The standard InChI is InChI=1S/C21H34FN3O3/c1-4-23-21(24-10-5-11-27-13-12-26-3)25-16(2)18-8-9-20(19(22)14-18)28-15-17-6-7-17/h8-9,14,16-17H,4-7,10-13,15H2,1-3H3,(H2,23,24,25). The second-order valence-corrected chi connectivity index (χ2v) is 7.03. The van der Waals surface area contributed by atoms with E-state index in [2.05, 4.69) is 15.6 Å². The van der Waals surface area contributed by atoms with Gasteiger partial charge in [0.05, 0.1) is 25.9 Å². The van der Waals surface area contributed by atoms with E-state index in [0.717, 1.165) is 18.5 Å². The van der Waals surface area contributed by atoms with E-state index in [4.69, 9.17) is 14.2 Å². The maximum absolute atomic E-state index is 14.3. The van der Waals surface area contributed by atoms with Crippen LogP contribution in [0.1, 0.15) is 44.7 Å². The molecule has 0 heterocycles. The predicted molar refractivity (Wildman–Crippen MR) is 109 cm³/mol. The zero-order chi connectivity index (χ0) is 20.2. The zero-order valence-electron chi connectivity index (χ0n) is 17.3. The van der Waals surface area contributed by atoms with Crippen molar-refractivity contribution in [1.82, 2.24) is 10.6 Å². The van der Waals surface area contributed by atoms with Crippen LogP contribution >= 0.6 is 0 Å². The zero-order valence-corrected chi connectivity index (χ0v) is 17.3. The lowest BCUT2D eigenvalue weighted by molar-refractivity contribution is 0.0702. The molecule has 0 aliphatic heterocycles. The Balaban J connectivity index is 1.81. The summed E-state index contributed by atoms with van der Waals surface area (Å²) in [6.45, 7) is 7.86. The Kier molecular flexibility index (Phi) is 10.1. The summed E-state index contributed by atoms with van der Waals surface area (Å²) in [5.74, 6) is 1.32. The van der Waals surface area contributed by atoms with Gasteiger partial charge < -0.3 is 24.8 Å². The molecule has 158 valence electrons. The van der Waals surface area contributed by atoms with Gasteiger partial charge in [-0.1, -0.05) is 6.07 Å². The lowest BCUT2D eigenvalue weighted by atomic mass is 10.1. The van der Waals surface area contributed by atoms with E-state index in [1.807, 2.05) is 19.9 Å². The average Bonchev–Trinajstić information content (AvgIpc) is 3.50. The Labute approximate surface area is 167 Å². The molecular weight excluding hydrogens is 361 g/mol. The summed E-state index contributed by atoms with van der Waals surface area (Å²) < 4.78 is 30.3. The van der Waals surface area contributed by atoms with Gasteiger partial charge in [0.25, 0.3) is 0 Å². The van der Waals surface area contributed by atoms with Gasteiger partial charge in [0.15, 0.2) is 17.5 Å². The first-order valence-electron chi connectivity index (χ1n) is 10.2. The Morgan fingerprint density at radius 2 is 2.11 bits per heavy atom. The molecule has 1 atom stereocenters. The molecule has 6 nitrogen and oxygen atoms in total. The lowest BCUT2D eigenvalue weighted by Crippen LogP contribution is -2.38. The van der Waals surface area contributed by atoms with Gasteiger partial charge in [0.2, 0.25) is 0 Å². The van der Waals surface area contributed by atoms with E-state index in [-0.39, 0.29) is 11.9 Å². The van der Waals surface area contributed by atoms with Gasteiger partial charge in [0.1, 0.15) is 0 Å². The summed E-state index contributed by atoms with van der Waals surface area (Å²) in [5.41, 5.74) is 0.852. The highest BCUT2D eigenvalue weighted by Gasteiger charge is 2.22. The van der Waals surface area contributed by atoms with Gasteiger partial charge in [-0.15, -0.1) is 0 Å². The third kappa shape index (κ3) is 8.44. The molecule has 0 amide bonds. The molecule has 2 rings (SSSR count). The van der Waals surface area contributed by atoms with Crippen LogP contribution in [0.25, 0.3) is 0 Å². The van der Waals surface area contributed by atoms with E-state index in [1.54, 1.807) is 13.2 Å². The molecule has 0 spiro atoms. The van der Waals surface area contributed by atoms with Crippen LogP contribution in [0.4, 0.5) is 4.39 Å². The van der Waals surface area contributed by atoms with Crippen molar-refractivity contribution >= 4 is 5.96 Å². The normalized spacial score (nSPS) is 15.4. The molecule has 0 radical (unpaired) electrons. The molecule has 2 N–H and O–H groups in total. The number of hydrogen-bond acceptors (Lipinski definition) is 4. The Morgan fingerprint density at radius 3 is 2.79 bits per heavy atom. The molecule has 1 aromatic rings. The first-order valence-corrected chi connectivity index (χ1v) is 10.2. The molecule has 1 aromatic carbocycles. The molecule has 0 saturated heterocycles. The highest BCUT2D eigenvalue weighted by Crippen LogP contribution is 2.30. The molecule has 0 aromatic heterocycles. The van der Waals surface area contributed by atoms with Crippen molar-refractivity contribution in [3.63, 3.8) is 0 Å². The van der Waals surface area contributed by atoms with Crippen LogP contribution in [0.15, 0.2) is 23.2 Å². The molecule has 1 unspecified atom stereocenters. The second kappa shape index (κ2) is 12.6.